The standard InChI is InChI=1S/C14H20O5/c1-8-6-12(17)9(7-11(8)16)10(15)4-5-13(18)14(2,3)19/h4-7,10,13,15-19H,1-3H3/b5-4+/t10-,13-/m1/s1. The van der Waals surface area contributed by atoms with Gasteiger partial charge in [0.1, 0.15) is 23.7 Å². The van der Waals surface area contributed by atoms with Gasteiger partial charge in [0.05, 0.1) is 5.60 Å². The number of hydrogen-bond donors (Lipinski definition) is 5. The molecular formula is C14H20O5. The van der Waals surface area contributed by atoms with E-state index in [-0.39, 0.29) is 17.1 Å². The smallest absolute Gasteiger partial charge is 0.122 e. The number of aliphatic hydroxyl groups is 3. The minimum Gasteiger partial charge on any atom is -0.508 e. The van der Waals surface area contributed by atoms with E-state index < -0.39 is 17.8 Å². The van der Waals surface area contributed by atoms with E-state index in [0.29, 0.717) is 5.56 Å². The molecule has 0 saturated heterocycles. The molecule has 0 unspecified atom stereocenters. The Morgan fingerprint density at radius 3 is 2.16 bits per heavy atom. The predicted octanol–water partition coefficient (Wildman–Crippen LogP) is 1.13. The molecule has 0 amide bonds. The summed E-state index contributed by atoms with van der Waals surface area (Å²) in [6, 6.07) is 2.60. The molecule has 0 radical (unpaired) electrons. The molecule has 5 nitrogen and oxygen atoms in total. The SMILES string of the molecule is Cc1cc(O)c([C@H](O)/C=C/[C@@H](O)C(C)(C)O)cc1O. The van der Waals surface area contributed by atoms with Gasteiger partial charge in [-0.25, -0.2) is 0 Å². The minimum absolute atomic E-state index is 0.0386. The van der Waals surface area contributed by atoms with Crippen LogP contribution in [0, 0.1) is 6.92 Å². The molecule has 0 aliphatic rings. The molecule has 0 aliphatic heterocycles. The van der Waals surface area contributed by atoms with Gasteiger partial charge in [-0.05, 0) is 38.5 Å². The van der Waals surface area contributed by atoms with Gasteiger partial charge in [0.25, 0.3) is 0 Å². The van der Waals surface area contributed by atoms with Gasteiger partial charge in [0, 0.05) is 5.56 Å². The molecule has 0 spiro atoms. The van der Waals surface area contributed by atoms with Crippen molar-refractivity contribution in [2.75, 3.05) is 0 Å². The fraction of sp³-hybridized carbons (Fsp3) is 0.429. The number of aliphatic hydroxyl groups excluding tert-OH is 2. The highest BCUT2D eigenvalue weighted by Gasteiger charge is 2.22. The van der Waals surface area contributed by atoms with Crippen LogP contribution in [0.5, 0.6) is 11.5 Å². The van der Waals surface area contributed by atoms with Crippen molar-refractivity contribution in [2.24, 2.45) is 0 Å². The Bertz CT molecular complexity index is 473. The van der Waals surface area contributed by atoms with Crippen LogP contribution in [0.1, 0.15) is 31.1 Å². The first-order valence-electron chi connectivity index (χ1n) is 5.92. The number of aryl methyl sites for hydroxylation is 1. The summed E-state index contributed by atoms with van der Waals surface area (Å²) >= 11 is 0. The number of phenols is 2. The van der Waals surface area contributed by atoms with Crippen molar-refractivity contribution < 1.29 is 25.5 Å². The summed E-state index contributed by atoms with van der Waals surface area (Å²) in [6.07, 6.45) is 0.139. The van der Waals surface area contributed by atoms with Gasteiger partial charge >= 0.3 is 0 Å². The number of benzene rings is 1. The van der Waals surface area contributed by atoms with Crippen molar-refractivity contribution in [3.05, 3.63) is 35.4 Å². The van der Waals surface area contributed by atoms with Crippen LogP contribution in [0.2, 0.25) is 0 Å². The lowest BCUT2D eigenvalue weighted by molar-refractivity contribution is -0.0230. The maximum absolute atomic E-state index is 9.88. The normalized spacial score (nSPS) is 15.7. The van der Waals surface area contributed by atoms with Crippen LogP contribution in [-0.4, -0.2) is 37.2 Å². The zero-order chi connectivity index (χ0) is 14.8. The molecule has 19 heavy (non-hydrogen) atoms. The highest BCUT2D eigenvalue weighted by Crippen LogP contribution is 2.31. The Morgan fingerprint density at radius 2 is 1.63 bits per heavy atom. The molecule has 1 rings (SSSR count). The van der Waals surface area contributed by atoms with Gasteiger partial charge in [-0.2, -0.15) is 0 Å². The fourth-order valence-corrected chi connectivity index (χ4v) is 1.48. The van der Waals surface area contributed by atoms with Gasteiger partial charge in [0.2, 0.25) is 0 Å². The van der Waals surface area contributed by atoms with E-state index in [9.17, 15) is 25.5 Å². The first-order chi connectivity index (χ1) is 8.62. The number of hydrogen-bond acceptors (Lipinski definition) is 5. The maximum Gasteiger partial charge on any atom is 0.122 e. The van der Waals surface area contributed by atoms with Crippen molar-refractivity contribution >= 4 is 0 Å². The van der Waals surface area contributed by atoms with Crippen molar-refractivity contribution in [3.63, 3.8) is 0 Å². The summed E-state index contributed by atoms with van der Waals surface area (Å²) in [7, 11) is 0. The quantitative estimate of drug-likeness (QED) is 0.416. The number of rotatable bonds is 4. The van der Waals surface area contributed by atoms with Crippen molar-refractivity contribution in [2.45, 2.75) is 38.6 Å². The van der Waals surface area contributed by atoms with Crippen LogP contribution in [0.3, 0.4) is 0 Å². The first kappa shape index (κ1) is 15.5. The summed E-state index contributed by atoms with van der Waals surface area (Å²) in [5.41, 5.74) is -0.704. The van der Waals surface area contributed by atoms with Crippen LogP contribution in [-0.2, 0) is 0 Å². The Labute approximate surface area is 112 Å². The second-order valence-corrected chi connectivity index (χ2v) is 5.13. The molecule has 0 aliphatic carbocycles. The number of aromatic hydroxyl groups is 2. The van der Waals surface area contributed by atoms with E-state index >= 15 is 0 Å². The molecule has 5 N–H and O–H groups in total. The van der Waals surface area contributed by atoms with Crippen LogP contribution in [0.25, 0.3) is 0 Å². The average molecular weight is 268 g/mol. The molecule has 5 heteroatoms. The highest BCUT2D eigenvalue weighted by atomic mass is 16.3. The summed E-state index contributed by atoms with van der Waals surface area (Å²) in [5, 5.41) is 48.2. The van der Waals surface area contributed by atoms with Crippen LogP contribution in [0.4, 0.5) is 0 Å². The Balaban J connectivity index is 2.93. The molecule has 1 aromatic carbocycles. The highest BCUT2D eigenvalue weighted by molar-refractivity contribution is 5.46. The zero-order valence-electron chi connectivity index (χ0n) is 11.2. The lowest BCUT2D eigenvalue weighted by atomic mass is 9.99. The Kier molecular flexibility index (Phi) is 4.57. The van der Waals surface area contributed by atoms with Gasteiger partial charge in [-0.15, -0.1) is 0 Å². The second-order valence-electron chi connectivity index (χ2n) is 5.13. The van der Waals surface area contributed by atoms with Crippen LogP contribution < -0.4 is 0 Å². The lowest BCUT2D eigenvalue weighted by Crippen LogP contribution is -2.34. The van der Waals surface area contributed by atoms with Crippen LogP contribution >= 0.6 is 0 Å². The molecule has 0 fully saturated rings. The molecule has 2 atom stereocenters. The third-order valence-electron chi connectivity index (χ3n) is 2.86. The zero-order valence-corrected chi connectivity index (χ0v) is 11.2. The summed E-state index contributed by atoms with van der Waals surface area (Å²) < 4.78 is 0. The van der Waals surface area contributed by atoms with Gasteiger partial charge in [-0.1, -0.05) is 12.2 Å². The molecule has 106 valence electrons. The van der Waals surface area contributed by atoms with Gasteiger partial charge in [-0.3, -0.25) is 0 Å². The molecule has 0 heterocycles. The molecule has 0 aromatic heterocycles. The largest absolute Gasteiger partial charge is 0.508 e. The third-order valence-corrected chi connectivity index (χ3v) is 2.86. The van der Waals surface area contributed by atoms with E-state index in [2.05, 4.69) is 0 Å². The molecule has 0 bridgehead atoms. The number of phenolic OH excluding ortho intramolecular Hbond substituents is 2. The minimum atomic E-state index is -1.33. The lowest BCUT2D eigenvalue weighted by Gasteiger charge is -2.21. The van der Waals surface area contributed by atoms with E-state index in [0.717, 1.165) is 0 Å². The summed E-state index contributed by atoms with van der Waals surface area (Å²) in [6.45, 7) is 4.49. The van der Waals surface area contributed by atoms with E-state index in [1.54, 1.807) is 6.92 Å². The van der Waals surface area contributed by atoms with E-state index in [4.69, 9.17) is 0 Å². The summed E-state index contributed by atoms with van der Waals surface area (Å²) in [4.78, 5) is 0. The Morgan fingerprint density at radius 1 is 1.05 bits per heavy atom. The molecular weight excluding hydrogens is 248 g/mol. The third kappa shape index (κ3) is 3.96. The van der Waals surface area contributed by atoms with E-state index in [1.165, 1.54) is 38.1 Å². The van der Waals surface area contributed by atoms with Gasteiger partial charge in [0.15, 0.2) is 0 Å². The average Bonchev–Trinajstić information content (AvgIpc) is 2.29. The molecule has 1 aromatic rings. The van der Waals surface area contributed by atoms with E-state index in [1.807, 2.05) is 0 Å². The second kappa shape index (κ2) is 5.61. The monoisotopic (exact) mass is 268 g/mol. The van der Waals surface area contributed by atoms with Gasteiger partial charge < -0.3 is 25.5 Å². The van der Waals surface area contributed by atoms with Crippen molar-refractivity contribution in [3.8, 4) is 11.5 Å². The predicted molar refractivity (Wildman–Crippen MR) is 70.9 cm³/mol. The van der Waals surface area contributed by atoms with Crippen LogP contribution in [0.15, 0.2) is 24.3 Å². The summed E-state index contributed by atoms with van der Waals surface area (Å²) in [5.74, 6) is -0.187. The first-order valence-corrected chi connectivity index (χ1v) is 5.92. The fourth-order valence-electron chi connectivity index (χ4n) is 1.48. The van der Waals surface area contributed by atoms with Crippen molar-refractivity contribution in [1.82, 2.24) is 0 Å². The van der Waals surface area contributed by atoms with Crippen molar-refractivity contribution in [1.29, 1.82) is 0 Å². The topological polar surface area (TPSA) is 101 Å². The maximum atomic E-state index is 9.88. The molecule has 0 saturated carbocycles. The Hall–Kier alpha value is -1.56.